The summed E-state index contributed by atoms with van der Waals surface area (Å²) in [5, 5.41) is 9.44. The number of thioether (sulfide) groups is 1. The molecule has 0 atom stereocenters. The first-order valence-electron chi connectivity index (χ1n) is 8.75. The van der Waals surface area contributed by atoms with E-state index in [2.05, 4.69) is 15.7 Å². The Kier molecular flexibility index (Phi) is 7.02. The number of aromatic nitrogens is 2. The fourth-order valence-electron chi connectivity index (χ4n) is 2.53. The van der Waals surface area contributed by atoms with Gasteiger partial charge in [0.15, 0.2) is 0 Å². The molecule has 30 heavy (non-hydrogen) atoms. The van der Waals surface area contributed by atoms with Crippen molar-refractivity contribution in [3.05, 3.63) is 66.5 Å². The largest absolute Gasteiger partial charge is 0.497 e. The van der Waals surface area contributed by atoms with E-state index in [9.17, 15) is 18.4 Å². The van der Waals surface area contributed by atoms with Crippen LogP contribution in [0, 0.1) is 0 Å². The molecule has 0 aliphatic rings. The van der Waals surface area contributed by atoms with Crippen LogP contribution in [0.4, 0.5) is 20.2 Å². The van der Waals surface area contributed by atoms with Crippen LogP contribution in [-0.4, -0.2) is 34.5 Å². The molecule has 2 amide bonds. The van der Waals surface area contributed by atoms with Crippen LogP contribution in [0.5, 0.6) is 5.75 Å². The van der Waals surface area contributed by atoms with Gasteiger partial charge in [0, 0.05) is 22.3 Å². The molecule has 0 bridgehead atoms. The molecule has 10 heteroatoms. The molecule has 0 aliphatic carbocycles. The minimum absolute atomic E-state index is 0.0402. The van der Waals surface area contributed by atoms with Crippen molar-refractivity contribution >= 4 is 35.0 Å². The smallest absolute Gasteiger partial charge is 0.288 e. The third-order valence-corrected chi connectivity index (χ3v) is 4.63. The van der Waals surface area contributed by atoms with Gasteiger partial charge in [-0.05, 0) is 48.5 Å². The summed E-state index contributed by atoms with van der Waals surface area (Å²) < 4.78 is 31.2. The van der Waals surface area contributed by atoms with E-state index in [1.54, 1.807) is 31.4 Å². The van der Waals surface area contributed by atoms with Crippen LogP contribution in [0.3, 0.4) is 0 Å². The highest BCUT2D eigenvalue weighted by molar-refractivity contribution is 7.99. The number of ether oxygens (including phenoxy) is 1. The Balaban J connectivity index is 1.53. The average molecular weight is 432 g/mol. The summed E-state index contributed by atoms with van der Waals surface area (Å²) in [4.78, 5) is 24.8. The Morgan fingerprint density at radius 2 is 1.77 bits per heavy atom. The number of carbonyl (C=O) groups is 2. The number of methoxy groups -OCH3 is 1. The number of carbonyl (C=O) groups excluding carboxylic acids is 2. The molecular weight excluding hydrogens is 414 g/mol. The Hall–Kier alpha value is -3.40. The molecule has 0 saturated heterocycles. The summed E-state index contributed by atoms with van der Waals surface area (Å²) in [6, 6.07) is 12.7. The lowest BCUT2D eigenvalue weighted by Crippen LogP contribution is -2.19. The predicted octanol–water partition coefficient (Wildman–Crippen LogP) is 4.10. The van der Waals surface area contributed by atoms with Crippen LogP contribution in [0.1, 0.15) is 10.4 Å². The second-order valence-electron chi connectivity index (χ2n) is 6.06. The minimum Gasteiger partial charge on any atom is -0.497 e. The number of halogens is 2. The van der Waals surface area contributed by atoms with Crippen molar-refractivity contribution in [3.63, 3.8) is 0 Å². The van der Waals surface area contributed by atoms with Crippen LogP contribution in [0.2, 0.25) is 0 Å². The molecule has 0 aliphatic heterocycles. The monoisotopic (exact) mass is 432 g/mol. The molecule has 1 heterocycles. The Bertz CT molecular complexity index is 1010. The first kappa shape index (κ1) is 21.3. The van der Waals surface area contributed by atoms with Crippen LogP contribution in [0.15, 0.2) is 65.8 Å². The molecule has 3 rings (SSSR count). The van der Waals surface area contributed by atoms with Gasteiger partial charge in [0.1, 0.15) is 12.3 Å². The first-order valence-corrected chi connectivity index (χ1v) is 9.63. The molecule has 1 aromatic heterocycles. The molecule has 7 nitrogen and oxygen atoms in total. The van der Waals surface area contributed by atoms with E-state index in [0.717, 1.165) is 0 Å². The maximum absolute atomic E-state index is 12.4. The fourth-order valence-corrected chi connectivity index (χ4v) is 3.03. The van der Waals surface area contributed by atoms with Gasteiger partial charge in [-0.25, -0.2) is 0 Å². The van der Waals surface area contributed by atoms with Crippen molar-refractivity contribution in [1.82, 2.24) is 9.78 Å². The number of anilines is 2. The summed E-state index contributed by atoms with van der Waals surface area (Å²) in [6.07, 6.45) is 2.94. The van der Waals surface area contributed by atoms with E-state index in [1.807, 2.05) is 0 Å². The SMILES string of the molecule is COc1ccc(NC(=O)Cn2cc(NC(=O)c3ccc(SC(F)F)cc3)cn2)cc1. The number of hydrogen-bond acceptors (Lipinski definition) is 5. The normalized spacial score (nSPS) is 10.7. The van der Waals surface area contributed by atoms with E-state index in [1.165, 1.54) is 41.3 Å². The second kappa shape index (κ2) is 9.88. The van der Waals surface area contributed by atoms with E-state index < -0.39 is 11.7 Å². The Morgan fingerprint density at radius 1 is 1.07 bits per heavy atom. The lowest BCUT2D eigenvalue weighted by atomic mass is 10.2. The summed E-state index contributed by atoms with van der Waals surface area (Å²) in [7, 11) is 1.56. The van der Waals surface area contributed by atoms with Gasteiger partial charge in [-0.2, -0.15) is 13.9 Å². The molecule has 156 valence electrons. The molecular formula is C20H18F2N4O3S. The van der Waals surface area contributed by atoms with Gasteiger partial charge in [-0.3, -0.25) is 14.3 Å². The van der Waals surface area contributed by atoms with Crippen molar-refractivity contribution in [2.45, 2.75) is 17.2 Å². The number of nitrogens with one attached hydrogen (secondary N) is 2. The molecule has 0 radical (unpaired) electrons. The summed E-state index contributed by atoms with van der Waals surface area (Å²) in [6.45, 7) is -0.0402. The maximum Gasteiger partial charge on any atom is 0.288 e. The van der Waals surface area contributed by atoms with E-state index in [4.69, 9.17) is 4.74 Å². The predicted molar refractivity (Wildman–Crippen MR) is 110 cm³/mol. The molecule has 3 aromatic rings. The number of benzene rings is 2. The van der Waals surface area contributed by atoms with Crippen LogP contribution in [-0.2, 0) is 11.3 Å². The standard InChI is InChI=1S/C20H18F2N4O3S/c1-29-16-6-4-14(5-7-16)24-18(27)12-26-11-15(10-23-26)25-19(28)13-2-8-17(9-3-13)30-20(21)22/h2-11,20H,12H2,1H3,(H,24,27)(H,25,28). The van der Waals surface area contributed by atoms with Crippen molar-refractivity contribution in [2.24, 2.45) is 0 Å². The van der Waals surface area contributed by atoms with Gasteiger partial charge < -0.3 is 15.4 Å². The third kappa shape index (κ3) is 6.05. The van der Waals surface area contributed by atoms with Crippen molar-refractivity contribution in [3.8, 4) is 5.75 Å². The first-order chi connectivity index (χ1) is 14.4. The van der Waals surface area contributed by atoms with E-state index >= 15 is 0 Å². The van der Waals surface area contributed by atoms with Gasteiger partial charge in [-0.1, -0.05) is 11.8 Å². The second-order valence-corrected chi connectivity index (χ2v) is 7.12. The van der Waals surface area contributed by atoms with E-state index in [-0.39, 0.29) is 12.5 Å². The zero-order valence-electron chi connectivity index (χ0n) is 15.8. The summed E-state index contributed by atoms with van der Waals surface area (Å²) in [5.74, 6) is -2.53. The number of rotatable bonds is 8. The Labute approximate surface area is 175 Å². The molecule has 0 spiro atoms. The van der Waals surface area contributed by atoms with E-state index in [0.29, 0.717) is 39.3 Å². The van der Waals surface area contributed by atoms with Crippen LogP contribution >= 0.6 is 11.8 Å². The summed E-state index contributed by atoms with van der Waals surface area (Å²) in [5.41, 5.74) is 1.34. The zero-order valence-corrected chi connectivity index (χ0v) is 16.7. The minimum atomic E-state index is -2.52. The molecule has 0 saturated carbocycles. The van der Waals surface area contributed by atoms with Gasteiger partial charge in [-0.15, -0.1) is 0 Å². The van der Waals surface area contributed by atoms with Crippen LogP contribution in [0.25, 0.3) is 0 Å². The number of alkyl halides is 2. The van der Waals surface area contributed by atoms with Gasteiger partial charge in [0.2, 0.25) is 5.91 Å². The van der Waals surface area contributed by atoms with Gasteiger partial charge in [0.25, 0.3) is 11.7 Å². The number of hydrogen-bond donors (Lipinski definition) is 2. The highest BCUT2D eigenvalue weighted by Crippen LogP contribution is 2.25. The van der Waals surface area contributed by atoms with Crippen molar-refractivity contribution in [2.75, 3.05) is 17.7 Å². The lowest BCUT2D eigenvalue weighted by molar-refractivity contribution is -0.116. The molecule has 2 aromatic carbocycles. The quantitative estimate of drug-likeness (QED) is 0.524. The average Bonchev–Trinajstić information content (AvgIpc) is 3.15. The van der Waals surface area contributed by atoms with Crippen LogP contribution < -0.4 is 15.4 Å². The zero-order chi connectivity index (χ0) is 21.5. The highest BCUT2D eigenvalue weighted by Gasteiger charge is 2.11. The van der Waals surface area contributed by atoms with Gasteiger partial charge in [0.05, 0.1) is 19.0 Å². The molecule has 0 unspecified atom stereocenters. The number of nitrogens with zero attached hydrogens (tertiary/aromatic N) is 2. The fraction of sp³-hybridized carbons (Fsp3) is 0.150. The van der Waals surface area contributed by atoms with Crippen molar-refractivity contribution in [1.29, 1.82) is 0 Å². The maximum atomic E-state index is 12.4. The summed E-state index contributed by atoms with van der Waals surface area (Å²) >= 11 is 0.412. The lowest BCUT2D eigenvalue weighted by Gasteiger charge is -2.06. The third-order valence-electron chi connectivity index (χ3n) is 3.91. The molecule has 2 N–H and O–H groups in total. The number of amides is 2. The topological polar surface area (TPSA) is 85.2 Å². The Morgan fingerprint density at radius 3 is 2.40 bits per heavy atom. The highest BCUT2D eigenvalue weighted by atomic mass is 32.2. The van der Waals surface area contributed by atoms with Crippen molar-refractivity contribution < 1.29 is 23.1 Å². The van der Waals surface area contributed by atoms with Gasteiger partial charge >= 0.3 is 0 Å². The molecule has 0 fully saturated rings.